The summed E-state index contributed by atoms with van der Waals surface area (Å²) in [6.07, 6.45) is 0.722. The SMILES string of the molecule is COc1ccc(-c2c(Cc3ccccc3)oc3c(OC)cccc23)cc1. The summed E-state index contributed by atoms with van der Waals surface area (Å²) in [5.74, 6) is 2.51. The third-order valence-electron chi connectivity index (χ3n) is 4.56. The van der Waals surface area contributed by atoms with Crippen molar-refractivity contribution in [3.05, 3.63) is 84.1 Å². The van der Waals surface area contributed by atoms with Crippen molar-refractivity contribution in [2.75, 3.05) is 14.2 Å². The molecule has 0 radical (unpaired) electrons. The lowest BCUT2D eigenvalue weighted by molar-refractivity contribution is 0.408. The Hall–Kier alpha value is -3.20. The number of hydrogen-bond donors (Lipinski definition) is 0. The Morgan fingerprint density at radius 3 is 2.23 bits per heavy atom. The van der Waals surface area contributed by atoms with Gasteiger partial charge in [0.05, 0.1) is 14.2 Å². The van der Waals surface area contributed by atoms with Crippen LogP contribution in [0.2, 0.25) is 0 Å². The summed E-state index contributed by atoms with van der Waals surface area (Å²) in [5.41, 5.74) is 4.20. The highest BCUT2D eigenvalue weighted by Crippen LogP contribution is 2.40. The van der Waals surface area contributed by atoms with Crippen molar-refractivity contribution in [1.29, 1.82) is 0 Å². The van der Waals surface area contributed by atoms with Gasteiger partial charge in [0.1, 0.15) is 11.5 Å². The van der Waals surface area contributed by atoms with Gasteiger partial charge in [-0.3, -0.25) is 0 Å². The molecule has 130 valence electrons. The van der Waals surface area contributed by atoms with Crippen molar-refractivity contribution in [2.45, 2.75) is 6.42 Å². The van der Waals surface area contributed by atoms with Crippen molar-refractivity contribution in [3.8, 4) is 22.6 Å². The highest BCUT2D eigenvalue weighted by molar-refractivity contribution is 5.98. The second kappa shape index (κ2) is 6.96. The number of para-hydroxylation sites is 1. The van der Waals surface area contributed by atoms with E-state index in [1.807, 2.05) is 42.5 Å². The second-order valence-electron chi connectivity index (χ2n) is 6.13. The van der Waals surface area contributed by atoms with Crippen LogP contribution in [0.4, 0.5) is 0 Å². The van der Waals surface area contributed by atoms with Crippen LogP contribution in [0.1, 0.15) is 11.3 Å². The number of furan rings is 1. The number of rotatable bonds is 5. The Morgan fingerprint density at radius 1 is 0.769 bits per heavy atom. The molecule has 0 aliphatic rings. The average Bonchev–Trinajstić information content (AvgIpc) is 3.06. The van der Waals surface area contributed by atoms with Crippen LogP contribution in [0.3, 0.4) is 0 Å². The molecule has 0 aliphatic heterocycles. The van der Waals surface area contributed by atoms with Gasteiger partial charge in [0.25, 0.3) is 0 Å². The Labute approximate surface area is 152 Å². The molecule has 0 atom stereocenters. The van der Waals surface area contributed by atoms with Crippen molar-refractivity contribution in [2.24, 2.45) is 0 Å². The first kappa shape index (κ1) is 16.3. The molecule has 0 unspecified atom stereocenters. The highest BCUT2D eigenvalue weighted by atomic mass is 16.5. The molecule has 4 rings (SSSR count). The molecule has 1 aromatic heterocycles. The van der Waals surface area contributed by atoms with Crippen molar-refractivity contribution in [3.63, 3.8) is 0 Å². The summed E-state index contributed by atoms with van der Waals surface area (Å²) in [7, 11) is 3.34. The molecule has 0 fully saturated rings. The Bertz CT molecular complexity index is 1010. The molecule has 3 heteroatoms. The highest BCUT2D eigenvalue weighted by Gasteiger charge is 2.19. The van der Waals surface area contributed by atoms with E-state index in [2.05, 4.69) is 30.3 Å². The standard InChI is InChI=1S/C23H20O3/c1-24-18-13-11-17(12-14-18)22-19-9-6-10-20(25-2)23(19)26-21(22)15-16-7-4-3-5-8-16/h3-14H,15H2,1-2H3. The van der Waals surface area contributed by atoms with Crippen molar-refractivity contribution in [1.82, 2.24) is 0 Å². The molecule has 0 amide bonds. The van der Waals surface area contributed by atoms with Crippen LogP contribution in [0.15, 0.2) is 77.2 Å². The fraction of sp³-hybridized carbons (Fsp3) is 0.130. The summed E-state index contributed by atoms with van der Waals surface area (Å²) in [6, 6.07) is 24.4. The quantitative estimate of drug-likeness (QED) is 0.465. The normalized spacial score (nSPS) is 10.8. The van der Waals surface area contributed by atoms with E-state index >= 15 is 0 Å². The second-order valence-corrected chi connectivity index (χ2v) is 6.13. The lowest BCUT2D eigenvalue weighted by atomic mass is 9.98. The lowest BCUT2D eigenvalue weighted by Crippen LogP contribution is -1.89. The van der Waals surface area contributed by atoms with Gasteiger partial charge in [-0.15, -0.1) is 0 Å². The summed E-state index contributed by atoms with van der Waals surface area (Å²) in [5, 5.41) is 1.06. The minimum atomic E-state index is 0.722. The molecule has 0 bridgehead atoms. The summed E-state index contributed by atoms with van der Waals surface area (Å²) in [4.78, 5) is 0. The number of hydrogen-bond acceptors (Lipinski definition) is 3. The van der Waals surface area contributed by atoms with Crippen LogP contribution < -0.4 is 9.47 Å². The van der Waals surface area contributed by atoms with Crippen molar-refractivity contribution < 1.29 is 13.9 Å². The maximum absolute atomic E-state index is 6.28. The third-order valence-corrected chi connectivity index (χ3v) is 4.56. The van der Waals surface area contributed by atoms with E-state index in [1.54, 1.807) is 14.2 Å². The van der Waals surface area contributed by atoms with Gasteiger partial charge in [-0.2, -0.15) is 0 Å². The van der Waals surface area contributed by atoms with Crippen LogP contribution in [-0.4, -0.2) is 14.2 Å². The smallest absolute Gasteiger partial charge is 0.176 e. The van der Waals surface area contributed by atoms with E-state index in [4.69, 9.17) is 13.9 Å². The molecule has 0 aliphatic carbocycles. The average molecular weight is 344 g/mol. The molecular formula is C23H20O3. The van der Waals surface area contributed by atoms with Crippen LogP contribution >= 0.6 is 0 Å². The summed E-state index contributed by atoms with van der Waals surface area (Å²) < 4.78 is 17.1. The summed E-state index contributed by atoms with van der Waals surface area (Å²) >= 11 is 0. The van der Waals surface area contributed by atoms with Gasteiger partial charge in [-0.25, -0.2) is 0 Å². The molecular weight excluding hydrogens is 324 g/mol. The fourth-order valence-corrected chi connectivity index (χ4v) is 3.28. The van der Waals surface area contributed by atoms with E-state index in [0.717, 1.165) is 45.8 Å². The van der Waals surface area contributed by atoms with Crippen LogP contribution in [0.25, 0.3) is 22.1 Å². The molecule has 1 heterocycles. The van der Waals surface area contributed by atoms with Gasteiger partial charge in [-0.1, -0.05) is 54.6 Å². The van der Waals surface area contributed by atoms with Crippen molar-refractivity contribution >= 4 is 11.0 Å². The van der Waals surface area contributed by atoms with E-state index in [-0.39, 0.29) is 0 Å². The molecule has 3 nitrogen and oxygen atoms in total. The zero-order chi connectivity index (χ0) is 17.9. The maximum atomic E-state index is 6.28. The maximum Gasteiger partial charge on any atom is 0.176 e. The molecule has 0 saturated heterocycles. The minimum absolute atomic E-state index is 0.722. The van der Waals surface area contributed by atoms with E-state index < -0.39 is 0 Å². The lowest BCUT2D eigenvalue weighted by Gasteiger charge is -2.06. The molecule has 0 N–H and O–H groups in total. The molecule has 26 heavy (non-hydrogen) atoms. The van der Waals surface area contributed by atoms with Gasteiger partial charge in [0.15, 0.2) is 11.3 Å². The van der Waals surface area contributed by atoms with E-state index in [0.29, 0.717) is 0 Å². The van der Waals surface area contributed by atoms with Gasteiger partial charge >= 0.3 is 0 Å². The third kappa shape index (κ3) is 2.93. The monoisotopic (exact) mass is 344 g/mol. The number of fused-ring (bicyclic) bond motifs is 1. The minimum Gasteiger partial charge on any atom is -0.497 e. The Morgan fingerprint density at radius 2 is 1.54 bits per heavy atom. The van der Waals surface area contributed by atoms with E-state index in [9.17, 15) is 0 Å². The first-order valence-corrected chi connectivity index (χ1v) is 8.57. The predicted octanol–water partition coefficient (Wildman–Crippen LogP) is 5.71. The van der Waals surface area contributed by atoms with Crippen LogP contribution in [0, 0.1) is 0 Å². The number of methoxy groups -OCH3 is 2. The van der Waals surface area contributed by atoms with Gasteiger partial charge in [-0.05, 0) is 29.3 Å². The van der Waals surface area contributed by atoms with Crippen LogP contribution in [0.5, 0.6) is 11.5 Å². The number of benzene rings is 3. The summed E-state index contributed by atoms with van der Waals surface area (Å²) in [6.45, 7) is 0. The fourth-order valence-electron chi connectivity index (χ4n) is 3.28. The first-order chi connectivity index (χ1) is 12.8. The van der Waals surface area contributed by atoms with Gasteiger partial charge < -0.3 is 13.9 Å². The van der Waals surface area contributed by atoms with Gasteiger partial charge in [0.2, 0.25) is 0 Å². The topological polar surface area (TPSA) is 31.6 Å². The molecule has 3 aromatic carbocycles. The zero-order valence-corrected chi connectivity index (χ0v) is 14.9. The predicted molar refractivity (Wildman–Crippen MR) is 104 cm³/mol. The molecule has 4 aromatic rings. The first-order valence-electron chi connectivity index (χ1n) is 8.57. The van der Waals surface area contributed by atoms with Gasteiger partial charge in [0, 0.05) is 17.4 Å². The largest absolute Gasteiger partial charge is 0.497 e. The van der Waals surface area contributed by atoms with E-state index in [1.165, 1.54) is 5.56 Å². The zero-order valence-electron chi connectivity index (χ0n) is 14.9. The number of ether oxygens (including phenoxy) is 2. The van der Waals surface area contributed by atoms with Crippen LogP contribution in [-0.2, 0) is 6.42 Å². The molecule has 0 saturated carbocycles. The molecule has 0 spiro atoms. The Kier molecular flexibility index (Phi) is 4.36. The Balaban J connectivity index is 1.91.